The molecule has 5 rings (SSSR count). The number of amides is 1. The van der Waals surface area contributed by atoms with Crippen molar-refractivity contribution in [3.63, 3.8) is 0 Å². The average Bonchev–Trinajstić information content (AvgIpc) is 3.37. The minimum Gasteiger partial charge on any atom is -0.495 e. The summed E-state index contributed by atoms with van der Waals surface area (Å²) in [6.45, 7) is 0.578. The number of benzene rings is 3. The lowest BCUT2D eigenvalue weighted by molar-refractivity contribution is -0.120. The second-order valence-corrected chi connectivity index (χ2v) is 14.3. The number of piperidine rings is 1. The molecule has 0 spiro atoms. The Bertz CT molecular complexity index is 1660. The zero-order valence-corrected chi connectivity index (χ0v) is 24.7. The molecule has 2 aliphatic rings. The predicted octanol–water partition coefficient (Wildman–Crippen LogP) is 4.79. The second kappa shape index (κ2) is 11.2. The third-order valence-electron chi connectivity index (χ3n) is 7.12. The van der Waals surface area contributed by atoms with Crippen molar-refractivity contribution >= 4 is 60.5 Å². The van der Waals surface area contributed by atoms with E-state index in [1.54, 1.807) is 18.2 Å². The fourth-order valence-corrected chi connectivity index (χ4v) is 8.48. The van der Waals surface area contributed by atoms with Gasteiger partial charge in [0.2, 0.25) is 15.9 Å². The molecule has 13 heteroatoms. The van der Waals surface area contributed by atoms with Gasteiger partial charge in [-0.15, -0.1) is 0 Å². The number of sulfonamides is 2. The number of halogens is 2. The van der Waals surface area contributed by atoms with E-state index in [0.717, 1.165) is 5.56 Å². The number of fused-ring (bicyclic) bond motifs is 1. The van der Waals surface area contributed by atoms with E-state index in [4.69, 9.17) is 27.9 Å². The summed E-state index contributed by atoms with van der Waals surface area (Å²) >= 11 is 12.1. The highest BCUT2D eigenvalue weighted by atomic mass is 35.5. The molecule has 0 aromatic heterocycles. The van der Waals surface area contributed by atoms with Crippen molar-refractivity contribution in [1.82, 2.24) is 4.31 Å². The van der Waals surface area contributed by atoms with Gasteiger partial charge in [0, 0.05) is 30.3 Å². The van der Waals surface area contributed by atoms with E-state index in [0.29, 0.717) is 41.4 Å². The Labute approximate surface area is 243 Å². The van der Waals surface area contributed by atoms with Gasteiger partial charge in [-0.3, -0.25) is 9.10 Å². The van der Waals surface area contributed by atoms with Gasteiger partial charge in [0.1, 0.15) is 5.75 Å². The van der Waals surface area contributed by atoms with Crippen molar-refractivity contribution in [2.75, 3.05) is 36.4 Å². The number of ether oxygens (including phenoxy) is 1. The standard InChI is InChI=1S/C27H27Cl2N3O6S2/c1-38-26-11-10-23(16-24(26)29)39(34,35)31-13-2-3-19(17-31)27(33)30-21-7-4-18-12-14-32(25(18)15-21)40(36,37)22-8-5-20(28)6-9-22/h4-11,15-16,19H,2-3,12-14,17H2,1H3,(H,30,33)/t19-/m0/s1. The van der Waals surface area contributed by atoms with Crippen LogP contribution in [-0.2, 0) is 31.3 Å². The lowest BCUT2D eigenvalue weighted by Gasteiger charge is -2.31. The maximum atomic E-state index is 13.3. The van der Waals surface area contributed by atoms with Crippen LogP contribution < -0.4 is 14.4 Å². The number of methoxy groups -OCH3 is 1. The van der Waals surface area contributed by atoms with Crippen molar-refractivity contribution in [3.05, 3.63) is 76.3 Å². The number of nitrogens with one attached hydrogen (secondary N) is 1. The summed E-state index contributed by atoms with van der Waals surface area (Å²) < 4.78 is 60.9. The smallest absolute Gasteiger partial charge is 0.264 e. The minimum absolute atomic E-state index is 0.0137. The summed E-state index contributed by atoms with van der Waals surface area (Å²) in [5, 5.41) is 3.48. The Morgan fingerprint density at radius 2 is 1.65 bits per heavy atom. The van der Waals surface area contributed by atoms with Crippen LogP contribution in [0.3, 0.4) is 0 Å². The van der Waals surface area contributed by atoms with Crippen LogP contribution in [-0.4, -0.2) is 53.8 Å². The highest BCUT2D eigenvalue weighted by molar-refractivity contribution is 7.92. The molecule has 1 fully saturated rings. The quantitative estimate of drug-likeness (QED) is 0.405. The Morgan fingerprint density at radius 1 is 0.925 bits per heavy atom. The molecule has 40 heavy (non-hydrogen) atoms. The maximum Gasteiger partial charge on any atom is 0.264 e. The van der Waals surface area contributed by atoms with E-state index >= 15 is 0 Å². The van der Waals surface area contributed by atoms with Crippen molar-refractivity contribution < 1.29 is 26.4 Å². The Morgan fingerprint density at radius 3 is 2.35 bits per heavy atom. The van der Waals surface area contributed by atoms with Crippen molar-refractivity contribution in [3.8, 4) is 5.75 Å². The zero-order chi connectivity index (χ0) is 28.7. The third kappa shape index (κ3) is 5.53. The van der Waals surface area contributed by atoms with Gasteiger partial charge < -0.3 is 10.1 Å². The van der Waals surface area contributed by atoms with E-state index < -0.39 is 26.0 Å². The first-order valence-corrected chi connectivity index (χ1v) is 16.2. The molecule has 9 nitrogen and oxygen atoms in total. The molecule has 2 heterocycles. The molecule has 0 radical (unpaired) electrons. The van der Waals surface area contributed by atoms with E-state index in [2.05, 4.69) is 5.32 Å². The van der Waals surface area contributed by atoms with Crippen LogP contribution in [0.5, 0.6) is 5.75 Å². The maximum absolute atomic E-state index is 13.3. The molecule has 1 atom stereocenters. The number of rotatable bonds is 7. The number of carbonyl (C=O) groups is 1. The zero-order valence-electron chi connectivity index (χ0n) is 21.5. The molecule has 1 N–H and O–H groups in total. The molecule has 0 saturated carbocycles. The van der Waals surface area contributed by atoms with E-state index in [-0.39, 0.29) is 40.4 Å². The monoisotopic (exact) mass is 623 g/mol. The van der Waals surface area contributed by atoms with Gasteiger partial charge in [-0.2, -0.15) is 4.31 Å². The summed E-state index contributed by atoms with van der Waals surface area (Å²) in [7, 11) is -6.25. The van der Waals surface area contributed by atoms with Crippen LogP contribution >= 0.6 is 23.2 Å². The molecule has 1 saturated heterocycles. The van der Waals surface area contributed by atoms with Gasteiger partial charge in [-0.1, -0.05) is 29.3 Å². The molecule has 2 aliphatic heterocycles. The SMILES string of the molecule is COc1ccc(S(=O)(=O)N2CCC[C@H](C(=O)Nc3ccc4c(c3)N(S(=O)(=O)c3ccc(Cl)cc3)CC4)C2)cc1Cl. The normalized spacial score (nSPS) is 17.9. The van der Waals surface area contributed by atoms with Gasteiger partial charge in [-0.25, -0.2) is 16.8 Å². The average molecular weight is 625 g/mol. The van der Waals surface area contributed by atoms with Gasteiger partial charge in [-0.05, 0) is 79.4 Å². The predicted molar refractivity (Wildman–Crippen MR) is 154 cm³/mol. The highest BCUT2D eigenvalue weighted by Crippen LogP contribution is 2.36. The first-order valence-electron chi connectivity index (χ1n) is 12.6. The fraction of sp³-hybridized carbons (Fsp3) is 0.296. The second-order valence-electron chi connectivity index (χ2n) is 9.61. The summed E-state index contributed by atoms with van der Waals surface area (Å²) in [5.74, 6) is -0.553. The third-order valence-corrected chi connectivity index (χ3v) is 11.4. The van der Waals surface area contributed by atoms with Crippen LogP contribution in [0, 0.1) is 5.92 Å². The van der Waals surface area contributed by atoms with Crippen LogP contribution in [0.15, 0.2) is 70.5 Å². The molecular formula is C27H27Cl2N3O6S2. The number of nitrogens with zero attached hydrogens (tertiary/aromatic N) is 2. The summed E-state index contributed by atoms with van der Waals surface area (Å²) in [4.78, 5) is 13.4. The number of anilines is 2. The van der Waals surface area contributed by atoms with Gasteiger partial charge in [0.05, 0.1) is 33.5 Å². The number of hydrogen-bond donors (Lipinski definition) is 1. The van der Waals surface area contributed by atoms with Crippen molar-refractivity contribution in [1.29, 1.82) is 0 Å². The summed E-state index contributed by atoms with van der Waals surface area (Å²) in [6, 6.07) is 15.4. The van der Waals surface area contributed by atoms with Crippen molar-refractivity contribution in [2.45, 2.75) is 29.1 Å². The summed E-state index contributed by atoms with van der Waals surface area (Å²) in [5.41, 5.74) is 1.78. The molecule has 0 bridgehead atoms. The Balaban J connectivity index is 1.31. The summed E-state index contributed by atoms with van der Waals surface area (Å²) in [6.07, 6.45) is 1.57. The molecule has 212 valence electrons. The lowest BCUT2D eigenvalue weighted by atomic mass is 9.98. The first kappa shape index (κ1) is 28.7. The van der Waals surface area contributed by atoms with Gasteiger partial charge >= 0.3 is 0 Å². The van der Waals surface area contributed by atoms with E-state index in [1.807, 2.05) is 0 Å². The largest absolute Gasteiger partial charge is 0.495 e. The lowest BCUT2D eigenvalue weighted by Crippen LogP contribution is -2.43. The van der Waals surface area contributed by atoms with Crippen molar-refractivity contribution in [2.24, 2.45) is 5.92 Å². The van der Waals surface area contributed by atoms with Crippen LogP contribution in [0.1, 0.15) is 18.4 Å². The molecule has 1 amide bonds. The Hall–Kier alpha value is -2.83. The van der Waals surface area contributed by atoms with Crippen LogP contribution in [0.25, 0.3) is 0 Å². The van der Waals surface area contributed by atoms with Crippen LogP contribution in [0.2, 0.25) is 10.0 Å². The van der Waals surface area contributed by atoms with Crippen LogP contribution in [0.4, 0.5) is 11.4 Å². The van der Waals surface area contributed by atoms with E-state index in [9.17, 15) is 21.6 Å². The molecule has 0 unspecified atom stereocenters. The minimum atomic E-state index is -3.88. The van der Waals surface area contributed by atoms with E-state index in [1.165, 1.54) is 58.2 Å². The fourth-order valence-electron chi connectivity index (χ4n) is 4.99. The molecule has 3 aromatic rings. The van der Waals surface area contributed by atoms with Gasteiger partial charge in [0.15, 0.2) is 0 Å². The molecule has 0 aliphatic carbocycles. The number of carbonyl (C=O) groups excluding carboxylic acids is 1. The molecular weight excluding hydrogens is 597 g/mol. The van der Waals surface area contributed by atoms with Gasteiger partial charge in [0.25, 0.3) is 10.0 Å². The Kier molecular flexibility index (Phi) is 8.04. The molecule has 3 aromatic carbocycles. The number of hydrogen-bond acceptors (Lipinski definition) is 6. The topological polar surface area (TPSA) is 113 Å². The first-order chi connectivity index (χ1) is 19.0. The highest BCUT2D eigenvalue weighted by Gasteiger charge is 2.35.